The number of aryl methyl sites for hydroxylation is 1. The van der Waals surface area contributed by atoms with Gasteiger partial charge in [0.2, 0.25) is 0 Å². The molecule has 0 aliphatic carbocycles. The summed E-state index contributed by atoms with van der Waals surface area (Å²) in [7, 11) is 0. The minimum absolute atomic E-state index is 0.269. The molecule has 0 saturated carbocycles. The van der Waals surface area contributed by atoms with Crippen molar-refractivity contribution in [3.8, 4) is 0 Å². The topological polar surface area (TPSA) is 57.3 Å². The van der Waals surface area contributed by atoms with Gasteiger partial charge in [-0.3, -0.25) is 14.9 Å². The Labute approximate surface area is 133 Å². The molecule has 0 radical (unpaired) electrons. The second kappa shape index (κ2) is 6.64. The number of morpholine rings is 1. The van der Waals surface area contributed by atoms with Crippen LogP contribution in [0.3, 0.4) is 0 Å². The van der Waals surface area contributed by atoms with Crippen LogP contribution in [0.25, 0.3) is 0 Å². The van der Waals surface area contributed by atoms with Gasteiger partial charge in [0.25, 0.3) is 0 Å². The maximum atomic E-state index is 5.45. The molecular formula is C16H29N5O. The molecule has 2 saturated heterocycles. The summed E-state index contributed by atoms with van der Waals surface area (Å²) in [5.74, 6) is 1.88. The van der Waals surface area contributed by atoms with Gasteiger partial charge in [-0.25, -0.2) is 4.98 Å². The van der Waals surface area contributed by atoms with E-state index < -0.39 is 0 Å². The highest BCUT2D eigenvalue weighted by atomic mass is 16.5. The van der Waals surface area contributed by atoms with Crippen molar-refractivity contribution >= 4 is 0 Å². The smallest absolute Gasteiger partial charge is 0.167 e. The van der Waals surface area contributed by atoms with Gasteiger partial charge in [0.05, 0.1) is 19.3 Å². The number of nitrogens with one attached hydrogen (secondary N) is 1. The van der Waals surface area contributed by atoms with Gasteiger partial charge in [0.1, 0.15) is 5.82 Å². The molecule has 0 amide bonds. The standard InChI is InChI=1S/C16H29N5O/c1-13-17-15(19-18-13)14-5-4-6-21(14)12-16(2,3)11-20-7-9-22-10-8-20/h14H,4-12H2,1-3H3,(H,17,18,19)/t14-/m0/s1. The fourth-order valence-electron chi connectivity index (χ4n) is 3.78. The van der Waals surface area contributed by atoms with Crippen molar-refractivity contribution in [1.29, 1.82) is 0 Å². The molecule has 1 aromatic heterocycles. The maximum Gasteiger partial charge on any atom is 0.167 e. The molecule has 1 N–H and O–H groups in total. The van der Waals surface area contributed by atoms with Crippen LogP contribution in [0.1, 0.15) is 44.4 Å². The summed E-state index contributed by atoms with van der Waals surface area (Å²) >= 11 is 0. The van der Waals surface area contributed by atoms with Crippen LogP contribution in [-0.4, -0.2) is 70.9 Å². The predicted octanol–water partition coefficient (Wildman–Crippen LogP) is 1.61. The second-order valence-corrected chi connectivity index (χ2v) is 7.46. The molecule has 6 nitrogen and oxygen atoms in total. The van der Waals surface area contributed by atoms with Crippen LogP contribution in [0.5, 0.6) is 0 Å². The van der Waals surface area contributed by atoms with E-state index in [0.717, 1.165) is 57.6 Å². The van der Waals surface area contributed by atoms with Gasteiger partial charge < -0.3 is 4.74 Å². The maximum absolute atomic E-state index is 5.45. The molecule has 22 heavy (non-hydrogen) atoms. The van der Waals surface area contributed by atoms with Gasteiger partial charge >= 0.3 is 0 Å². The fourth-order valence-corrected chi connectivity index (χ4v) is 3.78. The summed E-state index contributed by atoms with van der Waals surface area (Å²) in [6, 6.07) is 0.383. The molecule has 0 spiro atoms. The molecule has 2 aliphatic heterocycles. The first-order chi connectivity index (χ1) is 10.5. The quantitative estimate of drug-likeness (QED) is 0.895. The zero-order valence-electron chi connectivity index (χ0n) is 14.1. The number of nitrogens with zero attached hydrogens (tertiary/aromatic N) is 4. The predicted molar refractivity (Wildman–Crippen MR) is 85.7 cm³/mol. The highest BCUT2D eigenvalue weighted by molar-refractivity contribution is 5.00. The normalized spacial score (nSPS) is 25.0. The highest BCUT2D eigenvalue weighted by Crippen LogP contribution is 2.33. The Morgan fingerprint density at radius 3 is 2.68 bits per heavy atom. The van der Waals surface area contributed by atoms with E-state index in [9.17, 15) is 0 Å². The molecule has 2 fully saturated rings. The Kier molecular flexibility index (Phi) is 4.80. The van der Waals surface area contributed by atoms with Crippen molar-refractivity contribution in [2.24, 2.45) is 5.41 Å². The van der Waals surface area contributed by atoms with Gasteiger partial charge in [-0.05, 0) is 31.7 Å². The Bertz CT molecular complexity index is 481. The van der Waals surface area contributed by atoms with Crippen molar-refractivity contribution in [3.63, 3.8) is 0 Å². The number of ether oxygens (including phenoxy) is 1. The third-order valence-corrected chi connectivity index (χ3v) is 4.66. The van der Waals surface area contributed by atoms with Gasteiger partial charge in [0, 0.05) is 26.2 Å². The molecule has 0 unspecified atom stereocenters. The molecule has 0 bridgehead atoms. The number of likely N-dealkylation sites (tertiary alicyclic amines) is 1. The van der Waals surface area contributed by atoms with Crippen molar-refractivity contribution in [2.75, 3.05) is 45.9 Å². The Morgan fingerprint density at radius 1 is 1.23 bits per heavy atom. The van der Waals surface area contributed by atoms with Crippen molar-refractivity contribution in [1.82, 2.24) is 25.0 Å². The van der Waals surface area contributed by atoms with E-state index in [-0.39, 0.29) is 5.41 Å². The fraction of sp³-hybridized carbons (Fsp3) is 0.875. The third kappa shape index (κ3) is 3.86. The molecule has 124 valence electrons. The van der Waals surface area contributed by atoms with Crippen LogP contribution in [0.2, 0.25) is 0 Å². The van der Waals surface area contributed by atoms with Crippen LogP contribution in [0, 0.1) is 12.3 Å². The molecular weight excluding hydrogens is 278 g/mol. The monoisotopic (exact) mass is 307 g/mol. The lowest BCUT2D eigenvalue weighted by Crippen LogP contribution is -2.46. The lowest BCUT2D eigenvalue weighted by Gasteiger charge is -2.38. The summed E-state index contributed by atoms with van der Waals surface area (Å²) in [6.07, 6.45) is 2.41. The van der Waals surface area contributed by atoms with Crippen molar-refractivity contribution < 1.29 is 4.74 Å². The molecule has 0 aromatic carbocycles. The highest BCUT2D eigenvalue weighted by Gasteiger charge is 2.34. The summed E-state index contributed by atoms with van der Waals surface area (Å²) in [4.78, 5) is 9.66. The van der Waals surface area contributed by atoms with Crippen LogP contribution in [0.15, 0.2) is 0 Å². The van der Waals surface area contributed by atoms with Crippen molar-refractivity contribution in [3.05, 3.63) is 11.6 Å². The molecule has 1 aromatic rings. The van der Waals surface area contributed by atoms with Crippen LogP contribution in [-0.2, 0) is 4.74 Å². The molecule has 2 aliphatic rings. The van der Waals surface area contributed by atoms with E-state index in [1.165, 1.54) is 12.8 Å². The Hall–Kier alpha value is -0.980. The first kappa shape index (κ1) is 15.9. The van der Waals surface area contributed by atoms with Crippen LogP contribution < -0.4 is 0 Å². The first-order valence-electron chi connectivity index (χ1n) is 8.47. The Morgan fingerprint density at radius 2 is 2.00 bits per heavy atom. The summed E-state index contributed by atoms with van der Waals surface area (Å²) in [5.41, 5.74) is 0.269. The van der Waals surface area contributed by atoms with Gasteiger partial charge in [0.15, 0.2) is 5.82 Å². The average Bonchev–Trinajstić information content (AvgIpc) is 3.07. The van der Waals surface area contributed by atoms with Crippen molar-refractivity contribution in [2.45, 2.75) is 39.7 Å². The van der Waals surface area contributed by atoms with E-state index in [1.807, 2.05) is 6.92 Å². The van der Waals surface area contributed by atoms with Gasteiger partial charge in [-0.15, -0.1) is 0 Å². The molecule has 6 heteroatoms. The summed E-state index contributed by atoms with van der Waals surface area (Å²) in [5, 5.41) is 7.37. The number of rotatable bonds is 5. The van der Waals surface area contributed by atoms with E-state index in [2.05, 4.69) is 38.8 Å². The first-order valence-corrected chi connectivity index (χ1v) is 8.47. The molecule has 1 atom stereocenters. The van der Waals surface area contributed by atoms with E-state index in [0.29, 0.717) is 6.04 Å². The van der Waals surface area contributed by atoms with E-state index >= 15 is 0 Å². The lowest BCUT2D eigenvalue weighted by atomic mass is 9.91. The zero-order valence-corrected chi connectivity index (χ0v) is 14.1. The third-order valence-electron chi connectivity index (χ3n) is 4.66. The van der Waals surface area contributed by atoms with Crippen LogP contribution >= 0.6 is 0 Å². The largest absolute Gasteiger partial charge is 0.379 e. The van der Waals surface area contributed by atoms with Gasteiger partial charge in [-0.1, -0.05) is 13.8 Å². The average molecular weight is 307 g/mol. The van der Waals surface area contributed by atoms with Crippen LogP contribution in [0.4, 0.5) is 0 Å². The van der Waals surface area contributed by atoms with E-state index in [4.69, 9.17) is 4.74 Å². The van der Waals surface area contributed by atoms with Gasteiger partial charge in [-0.2, -0.15) is 5.10 Å². The number of aromatic amines is 1. The minimum atomic E-state index is 0.269. The zero-order chi connectivity index (χ0) is 15.6. The SMILES string of the molecule is Cc1nc([C@@H]2CCCN2CC(C)(C)CN2CCOCC2)n[nH]1. The lowest BCUT2D eigenvalue weighted by molar-refractivity contribution is 0.0139. The Balaban J connectivity index is 1.60. The number of H-pyrrole nitrogens is 1. The number of hydrogen-bond donors (Lipinski definition) is 1. The minimum Gasteiger partial charge on any atom is -0.379 e. The van der Waals surface area contributed by atoms with E-state index in [1.54, 1.807) is 0 Å². The number of aromatic nitrogens is 3. The number of hydrogen-bond acceptors (Lipinski definition) is 5. The molecule has 3 rings (SSSR count). The second-order valence-electron chi connectivity index (χ2n) is 7.46. The molecule has 3 heterocycles. The summed E-state index contributed by atoms with van der Waals surface area (Å²) < 4.78 is 5.45. The summed E-state index contributed by atoms with van der Waals surface area (Å²) in [6.45, 7) is 14.0.